The number of nitrogens with zero attached hydrogens (tertiary/aromatic N) is 2. The molecule has 4 nitrogen and oxygen atoms in total. The predicted octanol–water partition coefficient (Wildman–Crippen LogP) is 4.08. The first-order valence-corrected chi connectivity index (χ1v) is 10.0. The number of hydrogen-bond acceptors (Lipinski definition) is 3. The fourth-order valence-corrected chi connectivity index (χ4v) is 3.85. The minimum absolute atomic E-state index is 0.0973. The van der Waals surface area contributed by atoms with Crippen molar-refractivity contribution in [1.82, 2.24) is 9.80 Å². The minimum Gasteiger partial charge on any atom is -0.366 e. The summed E-state index contributed by atoms with van der Waals surface area (Å²) >= 11 is 0. The molecule has 0 atom stereocenters. The van der Waals surface area contributed by atoms with Gasteiger partial charge in [0.15, 0.2) is 0 Å². The van der Waals surface area contributed by atoms with Crippen molar-refractivity contribution in [2.24, 2.45) is 5.92 Å². The largest absolute Gasteiger partial charge is 0.366 e. The number of unbranched alkanes of at least 4 members (excludes halogenated alkanes) is 3. The molecule has 2 amide bonds. The van der Waals surface area contributed by atoms with E-state index in [1.807, 2.05) is 30.3 Å². The molecular formula is C22H30N2O2. The van der Waals surface area contributed by atoms with Crippen LogP contribution in [0.5, 0.6) is 0 Å². The SMILES string of the molecule is CCCCCCN1C(=O)C(c2ccccc2)=C(N2CCC(C)CC2)C1=O. The van der Waals surface area contributed by atoms with Crippen LogP contribution in [-0.2, 0) is 9.59 Å². The lowest BCUT2D eigenvalue weighted by Gasteiger charge is -2.32. The number of piperidine rings is 1. The first-order valence-electron chi connectivity index (χ1n) is 10.0. The van der Waals surface area contributed by atoms with E-state index in [1.54, 1.807) is 0 Å². The van der Waals surface area contributed by atoms with E-state index in [-0.39, 0.29) is 11.8 Å². The van der Waals surface area contributed by atoms with Crippen molar-refractivity contribution in [3.8, 4) is 0 Å². The molecule has 4 heteroatoms. The highest BCUT2D eigenvalue weighted by molar-refractivity contribution is 6.35. The van der Waals surface area contributed by atoms with Crippen molar-refractivity contribution in [3.63, 3.8) is 0 Å². The van der Waals surface area contributed by atoms with E-state index in [2.05, 4.69) is 18.7 Å². The molecule has 1 aromatic carbocycles. The van der Waals surface area contributed by atoms with Crippen LogP contribution in [0.1, 0.15) is 57.9 Å². The Labute approximate surface area is 156 Å². The van der Waals surface area contributed by atoms with Crippen LogP contribution in [0.3, 0.4) is 0 Å². The lowest BCUT2D eigenvalue weighted by atomic mass is 9.97. The Morgan fingerprint density at radius 2 is 1.65 bits per heavy atom. The summed E-state index contributed by atoms with van der Waals surface area (Å²) in [4.78, 5) is 29.9. The van der Waals surface area contributed by atoms with Crippen molar-refractivity contribution in [2.75, 3.05) is 19.6 Å². The van der Waals surface area contributed by atoms with Crippen LogP contribution in [0, 0.1) is 5.92 Å². The average molecular weight is 354 g/mol. The van der Waals surface area contributed by atoms with Gasteiger partial charge in [0.1, 0.15) is 5.70 Å². The van der Waals surface area contributed by atoms with Crippen molar-refractivity contribution < 1.29 is 9.59 Å². The van der Waals surface area contributed by atoms with Gasteiger partial charge in [-0.3, -0.25) is 14.5 Å². The number of carbonyl (C=O) groups is 2. The molecule has 2 heterocycles. The summed E-state index contributed by atoms with van der Waals surface area (Å²) in [7, 11) is 0. The van der Waals surface area contributed by atoms with Gasteiger partial charge in [0.25, 0.3) is 11.8 Å². The monoisotopic (exact) mass is 354 g/mol. The summed E-state index contributed by atoms with van der Waals surface area (Å²) in [5.41, 5.74) is 2.08. The Morgan fingerprint density at radius 1 is 0.962 bits per heavy atom. The van der Waals surface area contributed by atoms with Crippen LogP contribution >= 0.6 is 0 Å². The van der Waals surface area contributed by atoms with Gasteiger partial charge in [0, 0.05) is 19.6 Å². The molecule has 0 unspecified atom stereocenters. The Bertz CT molecular complexity index is 673. The zero-order valence-electron chi connectivity index (χ0n) is 16.0. The summed E-state index contributed by atoms with van der Waals surface area (Å²) < 4.78 is 0. The lowest BCUT2D eigenvalue weighted by molar-refractivity contribution is -0.137. The van der Waals surface area contributed by atoms with Crippen molar-refractivity contribution in [1.29, 1.82) is 0 Å². The van der Waals surface area contributed by atoms with Gasteiger partial charge in [-0.05, 0) is 30.7 Å². The third-order valence-corrected chi connectivity index (χ3v) is 5.54. The molecule has 2 aliphatic rings. The zero-order chi connectivity index (χ0) is 18.5. The Balaban J connectivity index is 1.87. The average Bonchev–Trinajstić information content (AvgIpc) is 2.91. The lowest BCUT2D eigenvalue weighted by Crippen LogP contribution is -2.38. The summed E-state index contributed by atoms with van der Waals surface area (Å²) in [6, 6.07) is 9.68. The number of benzene rings is 1. The molecule has 0 saturated carbocycles. The Morgan fingerprint density at radius 3 is 2.31 bits per heavy atom. The van der Waals surface area contributed by atoms with Gasteiger partial charge in [-0.2, -0.15) is 0 Å². The van der Waals surface area contributed by atoms with Crippen LogP contribution in [0.25, 0.3) is 5.57 Å². The fourth-order valence-electron chi connectivity index (χ4n) is 3.85. The van der Waals surface area contributed by atoms with Gasteiger partial charge in [-0.25, -0.2) is 0 Å². The van der Waals surface area contributed by atoms with E-state index in [0.717, 1.165) is 57.2 Å². The maximum absolute atomic E-state index is 13.1. The van der Waals surface area contributed by atoms with E-state index in [1.165, 1.54) is 4.90 Å². The van der Waals surface area contributed by atoms with Crippen molar-refractivity contribution in [3.05, 3.63) is 41.6 Å². The normalized spacial score (nSPS) is 19.0. The second-order valence-electron chi connectivity index (χ2n) is 7.58. The number of carbonyl (C=O) groups excluding carboxylic acids is 2. The predicted molar refractivity (Wildman–Crippen MR) is 104 cm³/mol. The second-order valence-corrected chi connectivity index (χ2v) is 7.58. The molecule has 0 radical (unpaired) electrons. The molecule has 140 valence electrons. The van der Waals surface area contributed by atoms with Crippen molar-refractivity contribution in [2.45, 2.75) is 52.4 Å². The first kappa shape index (κ1) is 18.7. The number of rotatable bonds is 7. The van der Waals surface area contributed by atoms with Crippen LogP contribution in [0.15, 0.2) is 36.0 Å². The summed E-state index contributed by atoms with van der Waals surface area (Å²) in [6.07, 6.45) is 6.38. The van der Waals surface area contributed by atoms with Gasteiger partial charge in [0.05, 0.1) is 5.57 Å². The maximum Gasteiger partial charge on any atom is 0.277 e. The first-order chi connectivity index (χ1) is 12.6. The standard InChI is InChI=1S/C22H30N2O2/c1-3-4-5-9-14-24-21(25)19(18-10-7-6-8-11-18)20(22(24)26)23-15-12-17(2)13-16-23/h6-8,10-11,17H,3-5,9,12-16H2,1-2H3. The highest BCUT2D eigenvalue weighted by Gasteiger charge is 2.41. The van der Waals surface area contributed by atoms with Crippen LogP contribution in [-0.4, -0.2) is 41.2 Å². The molecule has 1 saturated heterocycles. The molecule has 0 bridgehead atoms. The number of hydrogen-bond donors (Lipinski definition) is 0. The third kappa shape index (κ3) is 3.84. The van der Waals surface area contributed by atoms with E-state index < -0.39 is 0 Å². The number of imide groups is 1. The summed E-state index contributed by atoms with van der Waals surface area (Å²) in [5.74, 6) is 0.468. The summed E-state index contributed by atoms with van der Waals surface area (Å²) in [6.45, 7) is 6.66. The Hall–Kier alpha value is -2.10. The van der Waals surface area contributed by atoms with Crippen LogP contribution in [0.4, 0.5) is 0 Å². The molecular weight excluding hydrogens is 324 g/mol. The maximum atomic E-state index is 13.1. The molecule has 0 spiro atoms. The highest BCUT2D eigenvalue weighted by atomic mass is 16.2. The van der Waals surface area contributed by atoms with Gasteiger partial charge < -0.3 is 4.90 Å². The second kappa shape index (κ2) is 8.52. The quantitative estimate of drug-likeness (QED) is 0.547. The van der Waals surface area contributed by atoms with Crippen molar-refractivity contribution >= 4 is 17.4 Å². The van der Waals surface area contributed by atoms with E-state index in [0.29, 0.717) is 23.7 Å². The van der Waals surface area contributed by atoms with Crippen LogP contribution < -0.4 is 0 Å². The molecule has 2 aliphatic heterocycles. The van der Waals surface area contributed by atoms with Gasteiger partial charge in [-0.1, -0.05) is 63.4 Å². The molecule has 26 heavy (non-hydrogen) atoms. The zero-order valence-corrected chi connectivity index (χ0v) is 16.0. The van der Waals surface area contributed by atoms with Gasteiger partial charge >= 0.3 is 0 Å². The fraction of sp³-hybridized carbons (Fsp3) is 0.545. The Kier molecular flexibility index (Phi) is 6.12. The van der Waals surface area contributed by atoms with Gasteiger partial charge in [0.2, 0.25) is 0 Å². The topological polar surface area (TPSA) is 40.6 Å². The van der Waals surface area contributed by atoms with Crippen LogP contribution in [0.2, 0.25) is 0 Å². The van der Waals surface area contributed by atoms with E-state index in [4.69, 9.17) is 0 Å². The molecule has 3 rings (SSSR count). The number of amides is 2. The molecule has 0 N–H and O–H groups in total. The smallest absolute Gasteiger partial charge is 0.277 e. The molecule has 1 fully saturated rings. The molecule has 0 aliphatic carbocycles. The summed E-state index contributed by atoms with van der Waals surface area (Å²) in [5, 5.41) is 0. The highest BCUT2D eigenvalue weighted by Crippen LogP contribution is 2.33. The van der Waals surface area contributed by atoms with E-state index >= 15 is 0 Å². The number of likely N-dealkylation sites (tertiary alicyclic amines) is 1. The molecule has 0 aromatic heterocycles. The minimum atomic E-state index is -0.119. The third-order valence-electron chi connectivity index (χ3n) is 5.54. The molecule has 1 aromatic rings. The van der Waals surface area contributed by atoms with E-state index in [9.17, 15) is 9.59 Å². The van der Waals surface area contributed by atoms with Gasteiger partial charge in [-0.15, -0.1) is 0 Å².